The van der Waals surface area contributed by atoms with Crippen LogP contribution in [0.3, 0.4) is 0 Å². The van der Waals surface area contributed by atoms with Gasteiger partial charge in [-0.05, 0) is 40.2 Å². The number of hydrogen-bond donors (Lipinski definition) is 1. The molecule has 1 N–H and O–H groups in total. The molecule has 0 aliphatic carbocycles. The van der Waals surface area contributed by atoms with Crippen LogP contribution in [0.5, 0.6) is 5.75 Å². The minimum atomic E-state index is -4.52. The largest absolute Gasteiger partial charge is 0.506 e. The molecule has 9 heteroatoms. The van der Waals surface area contributed by atoms with Gasteiger partial charge in [0.15, 0.2) is 0 Å². The number of hydrogen-bond acceptors (Lipinski definition) is 4. The van der Waals surface area contributed by atoms with Gasteiger partial charge in [-0.3, -0.25) is 5.01 Å². The summed E-state index contributed by atoms with van der Waals surface area (Å²) in [5.41, 5.74) is -0.602. The third-order valence-electron chi connectivity index (χ3n) is 2.78. The summed E-state index contributed by atoms with van der Waals surface area (Å²) in [7, 11) is 1.46. The minimum absolute atomic E-state index is 0.0256. The van der Waals surface area contributed by atoms with Gasteiger partial charge in [0.25, 0.3) is 0 Å². The molecule has 0 saturated heterocycles. The molecule has 0 saturated carbocycles. The predicted molar refractivity (Wildman–Crippen MR) is 88.7 cm³/mol. The van der Waals surface area contributed by atoms with Gasteiger partial charge in [-0.2, -0.15) is 18.3 Å². The third kappa shape index (κ3) is 4.44. The standard InChI is InChI=1S/C14H10Br2F3N3O/c1-22(12-4-2-3-11(21-12)14(17,18)19)20-7-8-5-9(15)6-10(16)13(8)23/h2-7,23H,1H3/b20-7-. The molecule has 0 aliphatic rings. The number of aromatic hydroxyl groups is 1. The first-order chi connectivity index (χ1) is 10.7. The van der Waals surface area contributed by atoms with Gasteiger partial charge >= 0.3 is 6.18 Å². The summed E-state index contributed by atoms with van der Waals surface area (Å²) in [4.78, 5) is 3.52. The molecule has 2 aromatic rings. The Morgan fingerprint density at radius 2 is 1.96 bits per heavy atom. The Bertz CT molecular complexity index is 751. The number of aromatic nitrogens is 1. The highest BCUT2D eigenvalue weighted by Crippen LogP contribution is 2.31. The summed E-state index contributed by atoms with van der Waals surface area (Å²) in [6.07, 6.45) is -3.19. The Morgan fingerprint density at radius 3 is 2.61 bits per heavy atom. The number of halogens is 5. The van der Waals surface area contributed by atoms with E-state index in [1.807, 2.05) is 0 Å². The maximum atomic E-state index is 12.7. The van der Waals surface area contributed by atoms with Gasteiger partial charge in [0.2, 0.25) is 0 Å². The first-order valence-corrected chi connectivity index (χ1v) is 7.77. The molecule has 0 fully saturated rings. The quantitative estimate of drug-likeness (QED) is 0.537. The normalized spacial score (nSPS) is 11.9. The lowest BCUT2D eigenvalue weighted by Gasteiger charge is -2.14. The lowest BCUT2D eigenvalue weighted by molar-refractivity contribution is -0.141. The average molecular weight is 453 g/mol. The number of nitrogens with zero attached hydrogens (tertiary/aromatic N) is 3. The van der Waals surface area contributed by atoms with E-state index in [4.69, 9.17) is 0 Å². The van der Waals surface area contributed by atoms with Crippen molar-refractivity contribution in [3.05, 3.63) is 50.5 Å². The second-order valence-electron chi connectivity index (χ2n) is 4.47. The van der Waals surface area contributed by atoms with Crippen molar-refractivity contribution in [1.29, 1.82) is 0 Å². The van der Waals surface area contributed by atoms with Gasteiger partial charge in [-0.15, -0.1) is 0 Å². The van der Waals surface area contributed by atoms with E-state index in [2.05, 4.69) is 41.9 Å². The van der Waals surface area contributed by atoms with Gasteiger partial charge < -0.3 is 5.11 Å². The minimum Gasteiger partial charge on any atom is -0.506 e. The van der Waals surface area contributed by atoms with E-state index in [1.165, 1.54) is 30.4 Å². The summed E-state index contributed by atoms with van der Waals surface area (Å²) in [5, 5.41) is 15.1. The number of anilines is 1. The van der Waals surface area contributed by atoms with Crippen LogP contribution in [0.15, 0.2) is 44.4 Å². The molecular formula is C14H10Br2F3N3O. The molecule has 1 aromatic carbocycles. The fraction of sp³-hybridized carbons (Fsp3) is 0.143. The van der Waals surface area contributed by atoms with Crippen molar-refractivity contribution in [2.45, 2.75) is 6.18 Å². The Morgan fingerprint density at radius 1 is 1.26 bits per heavy atom. The zero-order valence-electron chi connectivity index (χ0n) is 11.6. The van der Waals surface area contributed by atoms with Crippen molar-refractivity contribution in [2.75, 3.05) is 12.1 Å². The van der Waals surface area contributed by atoms with Crippen LogP contribution in [0.25, 0.3) is 0 Å². The summed E-state index contributed by atoms with van der Waals surface area (Å²) in [6, 6.07) is 6.83. The lowest BCUT2D eigenvalue weighted by atomic mass is 10.2. The Labute approximate surface area is 146 Å². The van der Waals surface area contributed by atoms with E-state index in [1.54, 1.807) is 12.1 Å². The van der Waals surface area contributed by atoms with Crippen LogP contribution in [-0.2, 0) is 6.18 Å². The SMILES string of the molecule is CN(/N=C\c1cc(Br)cc(Br)c1O)c1cccc(C(F)(F)F)n1. The van der Waals surface area contributed by atoms with Crippen LogP contribution in [0, 0.1) is 0 Å². The van der Waals surface area contributed by atoms with E-state index >= 15 is 0 Å². The number of rotatable bonds is 3. The smallest absolute Gasteiger partial charge is 0.433 e. The van der Waals surface area contributed by atoms with E-state index in [0.29, 0.717) is 14.5 Å². The topological polar surface area (TPSA) is 48.7 Å². The average Bonchev–Trinajstić information content (AvgIpc) is 2.48. The fourth-order valence-electron chi connectivity index (χ4n) is 1.65. The molecule has 122 valence electrons. The van der Waals surface area contributed by atoms with E-state index < -0.39 is 11.9 Å². The highest BCUT2D eigenvalue weighted by atomic mass is 79.9. The molecule has 0 aliphatic heterocycles. The molecule has 0 unspecified atom stereocenters. The maximum Gasteiger partial charge on any atom is 0.433 e. The van der Waals surface area contributed by atoms with Crippen molar-refractivity contribution in [1.82, 2.24) is 4.98 Å². The number of pyridine rings is 1. The predicted octanol–water partition coefficient (Wildman–Crippen LogP) is 4.80. The van der Waals surface area contributed by atoms with Gasteiger partial charge in [0, 0.05) is 17.1 Å². The molecular weight excluding hydrogens is 443 g/mol. The first-order valence-electron chi connectivity index (χ1n) is 6.18. The number of alkyl halides is 3. The lowest BCUT2D eigenvalue weighted by Crippen LogP contribution is -2.14. The second-order valence-corrected chi connectivity index (χ2v) is 6.24. The summed E-state index contributed by atoms with van der Waals surface area (Å²) < 4.78 is 39.2. The summed E-state index contributed by atoms with van der Waals surface area (Å²) >= 11 is 6.46. The highest BCUT2D eigenvalue weighted by molar-refractivity contribution is 9.11. The zero-order valence-corrected chi connectivity index (χ0v) is 14.8. The van der Waals surface area contributed by atoms with Crippen LogP contribution in [0.4, 0.5) is 19.0 Å². The van der Waals surface area contributed by atoms with Crippen LogP contribution in [0.2, 0.25) is 0 Å². The molecule has 1 heterocycles. The van der Waals surface area contributed by atoms with Crippen molar-refractivity contribution in [3.63, 3.8) is 0 Å². The molecule has 0 amide bonds. The molecule has 4 nitrogen and oxygen atoms in total. The van der Waals surface area contributed by atoms with Crippen LogP contribution in [0.1, 0.15) is 11.3 Å². The van der Waals surface area contributed by atoms with Crippen LogP contribution < -0.4 is 5.01 Å². The summed E-state index contributed by atoms with van der Waals surface area (Å²) in [5.74, 6) is 0.00646. The van der Waals surface area contributed by atoms with Crippen molar-refractivity contribution in [2.24, 2.45) is 5.10 Å². The molecule has 1 aromatic heterocycles. The van der Waals surface area contributed by atoms with Crippen molar-refractivity contribution in [3.8, 4) is 5.75 Å². The van der Waals surface area contributed by atoms with E-state index in [9.17, 15) is 18.3 Å². The Balaban J connectivity index is 2.27. The highest BCUT2D eigenvalue weighted by Gasteiger charge is 2.32. The third-order valence-corrected chi connectivity index (χ3v) is 3.85. The molecule has 0 spiro atoms. The maximum absolute atomic E-state index is 12.7. The van der Waals surface area contributed by atoms with Gasteiger partial charge in [-0.25, -0.2) is 4.98 Å². The first kappa shape index (κ1) is 17.7. The van der Waals surface area contributed by atoms with Gasteiger partial charge in [-0.1, -0.05) is 22.0 Å². The number of hydrazone groups is 1. The number of benzene rings is 1. The molecule has 0 atom stereocenters. The van der Waals surface area contributed by atoms with Crippen LogP contribution in [-0.4, -0.2) is 23.4 Å². The monoisotopic (exact) mass is 451 g/mol. The molecule has 0 bridgehead atoms. The van der Waals surface area contributed by atoms with Crippen LogP contribution >= 0.6 is 31.9 Å². The van der Waals surface area contributed by atoms with E-state index in [0.717, 1.165) is 6.07 Å². The van der Waals surface area contributed by atoms with Gasteiger partial charge in [0.1, 0.15) is 17.3 Å². The number of phenols is 1. The molecule has 23 heavy (non-hydrogen) atoms. The zero-order chi connectivity index (χ0) is 17.2. The Kier molecular flexibility index (Phi) is 5.30. The second kappa shape index (κ2) is 6.88. The van der Waals surface area contributed by atoms with Gasteiger partial charge in [0.05, 0.1) is 10.7 Å². The molecule has 2 rings (SSSR count). The Hall–Kier alpha value is -1.61. The number of phenolic OH excluding ortho intramolecular Hbond substituents is 1. The fourth-order valence-corrected chi connectivity index (χ4v) is 2.91. The summed E-state index contributed by atoms with van der Waals surface area (Å²) in [6.45, 7) is 0. The molecule has 0 radical (unpaired) electrons. The van der Waals surface area contributed by atoms with Crippen molar-refractivity contribution < 1.29 is 18.3 Å². The van der Waals surface area contributed by atoms with Crippen molar-refractivity contribution >= 4 is 43.9 Å². The van der Waals surface area contributed by atoms with E-state index in [-0.39, 0.29) is 11.6 Å².